The Bertz CT molecular complexity index is 478. The van der Waals surface area contributed by atoms with Crippen LogP contribution in [0, 0.1) is 5.41 Å². The zero-order valence-electron chi connectivity index (χ0n) is 13.9. The largest absolute Gasteiger partial charge is 0.492 e. The van der Waals surface area contributed by atoms with Gasteiger partial charge in [0.05, 0.1) is 11.1 Å². The quantitative estimate of drug-likeness (QED) is 0.616. The molecule has 0 spiro atoms. The van der Waals surface area contributed by atoms with E-state index in [0.29, 0.717) is 12.0 Å². The van der Waals surface area contributed by atoms with Crippen molar-refractivity contribution in [3.05, 3.63) is 26.6 Å². The molecule has 1 N–H and O–H groups in total. The molecule has 21 heavy (non-hydrogen) atoms. The molecule has 0 saturated carbocycles. The minimum absolute atomic E-state index is 0.0799. The van der Waals surface area contributed by atoms with Crippen LogP contribution in [0.4, 0.5) is 0 Å². The molecule has 0 bridgehead atoms. The van der Waals surface area contributed by atoms with E-state index < -0.39 is 0 Å². The van der Waals surface area contributed by atoms with Crippen molar-refractivity contribution in [1.29, 1.82) is 0 Å². The molecule has 2 nitrogen and oxygen atoms in total. The van der Waals surface area contributed by atoms with Crippen LogP contribution < -0.4 is 10.1 Å². The average molecular weight is 421 g/mol. The first-order valence-corrected chi connectivity index (χ1v) is 8.98. The molecule has 120 valence electrons. The molecule has 0 aliphatic carbocycles. The highest BCUT2D eigenvalue weighted by Crippen LogP contribution is 2.34. The second-order valence-electron chi connectivity index (χ2n) is 7.28. The predicted molar refractivity (Wildman–Crippen MR) is 98.0 cm³/mol. The molecule has 1 rings (SSSR count). The van der Waals surface area contributed by atoms with E-state index in [1.54, 1.807) is 0 Å². The van der Waals surface area contributed by atoms with Crippen LogP contribution in [0.2, 0.25) is 0 Å². The van der Waals surface area contributed by atoms with Crippen LogP contribution in [-0.2, 0) is 6.54 Å². The van der Waals surface area contributed by atoms with Gasteiger partial charge in [-0.05, 0) is 60.7 Å². The Morgan fingerprint density at radius 3 is 2.24 bits per heavy atom. The number of halogens is 2. The average Bonchev–Trinajstić information content (AvgIpc) is 2.27. The molecule has 0 amide bonds. The molecule has 0 unspecified atom stereocenters. The normalized spacial score (nSPS) is 12.6. The van der Waals surface area contributed by atoms with E-state index >= 15 is 0 Å². The summed E-state index contributed by atoms with van der Waals surface area (Å²) in [5, 5.41) is 3.66. The van der Waals surface area contributed by atoms with Gasteiger partial charge in [0, 0.05) is 22.1 Å². The lowest BCUT2D eigenvalue weighted by atomic mass is 9.82. The first kappa shape index (κ1) is 19.0. The summed E-state index contributed by atoms with van der Waals surface area (Å²) in [7, 11) is 0. The fourth-order valence-electron chi connectivity index (χ4n) is 2.77. The van der Waals surface area contributed by atoms with E-state index in [-0.39, 0.29) is 5.54 Å². The highest BCUT2D eigenvalue weighted by Gasteiger charge is 2.25. The molecule has 0 aliphatic rings. The molecule has 0 fully saturated rings. The second kappa shape index (κ2) is 7.47. The van der Waals surface area contributed by atoms with Crippen LogP contribution in [0.5, 0.6) is 5.75 Å². The Hall–Kier alpha value is -0.0600. The summed E-state index contributed by atoms with van der Waals surface area (Å²) in [6, 6.07) is 4.14. The summed E-state index contributed by atoms with van der Waals surface area (Å²) in [5.74, 6) is 0.930. The van der Waals surface area contributed by atoms with E-state index in [9.17, 15) is 0 Å². The minimum atomic E-state index is 0.0799. The maximum Gasteiger partial charge on any atom is 0.138 e. The van der Waals surface area contributed by atoms with Gasteiger partial charge < -0.3 is 10.1 Å². The van der Waals surface area contributed by atoms with Crippen molar-refractivity contribution in [2.75, 3.05) is 6.61 Å². The monoisotopic (exact) mass is 419 g/mol. The molecule has 1 aromatic rings. The smallest absolute Gasteiger partial charge is 0.138 e. The fourth-order valence-corrected chi connectivity index (χ4v) is 4.20. The van der Waals surface area contributed by atoms with Gasteiger partial charge in [-0.3, -0.25) is 0 Å². The van der Waals surface area contributed by atoms with Crippen molar-refractivity contribution in [1.82, 2.24) is 5.32 Å². The lowest BCUT2D eigenvalue weighted by Gasteiger charge is -2.33. The number of hydrogen-bond acceptors (Lipinski definition) is 2. The fraction of sp³-hybridized carbons (Fsp3) is 0.647. The molecule has 0 saturated heterocycles. The zero-order valence-corrected chi connectivity index (χ0v) is 17.1. The third-order valence-electron chi connectivity index (χ3n) is 3.10. The summed E-state index contributed by atoms with van der Waals surface area (Å²) in [4.78, 5) is 0. The molecular weight excluding hydrogens is 394 g/mol. The standard InChI is InChI=1S/C17H27Br2NO/c1-7-21-15-12(8-13(18)9-14(15)19)10-20-17(5,6)11-16(2,3)4/h8-9,20H,7,10-11H2,1-6H3. The first-order valence-electron chi connectivity index (χ1n) is 7.40. The highest BCUT2D eigenvalue weighted by molar-refractivity contribution is 9.11. The van der Waals surface area contributed by atoms with Gasteiger partial charge in [-0.2, -0.15) is 0 Å². The van der Waals surface area contributed by atoms with Gasteiger partial charge in [0.1, 0.15) is 5.75 Å². The predicted octanol–water partition coefficient (Wildman–Crippen LogP) is 5.91. The summed E-state index contributed by atoms with van der Waals surface area (Å²) >= 11 is 7.14. The van der Waals surface area contributed by atoms with Crippen molar-refractivity contribution in [2.45, 2.75) is 60.0 Å². The van der Waals surface area contributed by atoms with Crippen molar-refractivity contribution < 1.29 is 4.74 Å². The lowest BCUT2D eigenvalue weighted by Crippen LogP contribution is -2.41. The SMILES string of the molecule is CCOc1c(Br)cc(Br)cc1CNC(C)(C)CC(C)(C)C. The Morgan fingerprint density at radius 1 is 1.10 bits per heavy atom. The highest BCUT2D eigenvalue weighted by atomic mass is 79.9. The maximum absolute atomic E-state index is 5.78. The summed E-state index contributed by atoms with van der Waals surface area (Å²) in [6.07, 6.45) is 1.11. The molecular formula is C17H27Br2NO. The number of ether oxygens (including phenoxy) is 1. The summed E-state index contributed by atoms with van der Waals surface area (Å²) in [6.45, 7) is 14.8. The van der Waals surface area contributed by atoms with Gasteiger partial charge in [0.25, 0.3) is 0 Å². The Balaban J connectivity index is 2.88. The van der Waals surface area contributed by atoms with Gasteiger partial charge >= 0.3 is 0 Å². The number of hydrogen-bond donors (Lipinski definition) is 1. The van der Waals surface area contributed by atoms with Crippen molar-refractivity contribution in [3.63, 3.8) is 0 Å². The Labute approximate surface area is 146 Å². The van der Waals surface area contributed by atoms with E-state index in [0.717, 1.165) is 27.7 Å². The Morgan fingerprint density at radius 2 is 1.71 bits per heavy atom. The van der Waals surface area contributed by atoms with Crippen LogP contribution in [0.15, 0.2) is 21.1 Å². The van der Waals surface area contributed by atoms with E-state index in [2.05, 4.69) is 77.9 Å². The molecule has 0 radical (unpaired) electrons. The number of nitrogens with one attached hydrogen (secondary N) is 1. The van der Waals surface area contributed by atoms with Crippen molar-refractivity contribution in [2.24, 2.45) is 5.41 Å². The lowest BCUT2D eigenvalue weighted by molar-refractivity contribution is 0.239. The Kier molecular flexibility index (Phi) is 6.76. The topological polar surface area (TPSA) is 21.3 Å². The third kappa shape index (κ3) is 6.70. The van der Waals surface area contributed by atoms with E-state index in [4.69, 9.17) is 4.74 Å². The zero-order chi connectivity index (χ0) is 16.3. The van der Waals surface area contributed by atoms with Crippen molar-refractivity contribution >= 4 is 31.9 Å². The van der Waals surface area contributed by atoms with Crippen LogP contribution in [0.25, 0.3) is 0 Å². The van der Waals surface area contributed by atoms with Crippen LogP contribution in [0.3, 0.4) is 0 Å². The molecule has 0 aromatic heterocycles. The molecule has 0 heterocycles. The molecule has 1 aromatic carbocycles. The van der Waals surface area contributed by atoms with Gasteiger partial charge in [-0.1, -0.05) is 36.7 Å². The van der Waals surface area contributed by atoms with E-state index in [1.165, 1.54) is 5.56 Å². The third-order valence-corrected chi connectivity index (χ3v) is 4.15. The minimum Gasteiger partial charge on any atom is -0.492 e. The van der Waals surface area contributed by atoms with Gasteiger partial charge in [0.15, 0.2) is 0 Å². The number of rotatable bonds is 6. The summed E-state index contributed by atoms with van der Waals surface area (Å²) < 4.78 is 7.83. The number of benzene rings is 1. The second-order valence-corrected chi connectivity index (χ2v) is 9.05. The van der Waals surface area contributed by atoms with Crippen LogP contribution in [-0.4, -0.2) is 12.1 Å². The van der Waals surface area contributed by atoms with Crippen molar-refractivity contribution in [3.8, 4) is 5.75 Å². The molecule has 0 aliphatic heterocycles. The maximum atomic E-state index is 5.78. The van der Waals surface area contributed by atoms with Crippen LogP contribution in [0.1, 0.15) is 53.5 Å². The molecule has 4 heteroatoms. The van der Waals surface area contributed by atoms with Gasteiger partial charge in [-0.25, -0.2) is 0 Å². The van der Waals surface area contributed by atoms with E-state index in [1.807, 2.05) is 13.0 Å². The van der Waals surface area contributed by atoms with Crippen LogP contribution >= 0.6 is 31.9 Å². The van der Waals surface area contributed by atoms with Gasteiger partial charge in [-0.15, -0.1) is 0 Å². The molecule has 0 atom stereocenters. The summed E-state index contributed by atoms with van der Waals surface area (Å²) in [5.41, 5.74) is 1.55. The first-order chi connectivity index (χ1) is 9.54. The van der Waals surface area contributed by atoms with Gasteiger partial charge in [0.2, 0.25) is 0 Å².